The number of allylic oxidation sites excluding steroid dienone is 22. The Hall–Kier alpha value is -4.45. The van der Waals surface area contributed by atoms with Gasteiger partial charge in [0, 0.05) is 19.3 Å². The molecule has 0 saturated heterocycles. The lowest BCUT2D eigenvalue weighted by Gasteiger charge is -2.18. The molecule has 0 aromatic rings. The molecular formula is C77H128O6. The van der Waals surface area contributed by atoms with Crippen LogP contribution in [-0.2, 0) is 28.6 Å². The van der Waals surface area contributed by atoms with Crippen LogP contribution >= 0.6 is 0 Å². The van der Waals surface area contributed by atoms with Crippen LogP contribution in [0.25, 0.3) is 0 Å². The molecule has 472 valence electrons. The Labute approximate surface area is 513 Å². The molecule has 0 aliphatic heterocycles. The predicted molar refractivity (Wildman–Crippen MR) is 362 cm³/mol. The quantitative estimate of drug-likeness (QED) is 0.0261. The third kappa shape index (κ3) is 68.2. The number of carbonyl (C=O) groups excluding carboxylic acids is 3. The maximum Gasteiger partial charge on any atom is 0.306 e. The van der Waals surface area contributed by atoms with E-state index in [0.717, 1.165) is 141 Å². The first-order valence-corrected chi connectivity index (χ1v) is 34.7. The zero-order chi connectivity index (χ0) is 59.9. The van der Waals surface area contributed by atoms with Crippen molar-refractivity contribution in [1.29, 1.82) is 0 Å². The maximum atomic E-state index is 12.9. The Balaban J connectivity index is 4.48. The van der Waals surface area contributed by atoms with Crippen LogP contribution in [0, 0.1) is 0 Å². The van der Waals surface area contributed by atoms with Crippen molar-refractivity contribution in [3.8, 4) is 0 Å². The SMILES string of the molecule is CC/C=C\C/C=C\C/C=C\C/C=C\C/C=C\C/C=C\CCCCC(=O)OC(COC(=O)CCCCCCC/C=C\C/C=C\C/C=C\C/C=C\C/C=C\CC)COC(=O)CCCCCCCCCCCCCCCCCCCCCCCCC. The van der Waals surface area contributed by atoms with Crippen molar-refractivity contribution < 1.29 is 28.6 Å². The second-order valence-corrected chi connectivity index (χ2v) is 22.7. The zero-order valence-electron chi connectivity index (χ0n) is 54.2. The van der Waals surface area contributed by atoms with Crippen LogP contribution < -0.4 is 0 Å². The third-order valence-electron chi connectivity index (χ3n) is 14.7. The zero-order valence-corrected chi connectivity index (χ0v) is 54.2. The minimum Gasteiger partial charge on any atom is -0.462 e. The molecule has 6 heteroatoms. The highest BCUT2D eigenvalue weighted by atomic mass is 16.6. The molecule has 83 heavy (non-hydrogen) atoms. The lowest BCUT2D eigenvalue weighted by molar-refractivity contribution is -0.167. The van der Waals surface area contributed by atoms with Gasteiger partial charge >= 0.3 is 17.9 Å². The first kappa shape index (κ1) is 78.5. The van der Waals surface area contributed by atoms with Crippen molar-refractivity contribution in [3.05, 3.63) is 134 Å². The van der Waals surface area contributed by atoms with E-state index in [1.807, 2.05) is 0 Å². The largest absolute Gasteiger partial charge is 0.462 e. The average Bonchev–Trinajstić information content (AvgIpc) is 3.49. The van der Waals surface area contributed by atoms with Crippen molar-refractivity contribution in [2.75, 3.05) is 13.2 Å². The number of hydrogen-bond donors (Lipinski definition) is 0. The van der Waals surface area contributed by atoms with Crippen LogP contribution in [0.5, 0.6) is 0 Å². The summed E-state index contributed by atoms with van der Waals surface area (Å²) >= 11 is 0. The highest BCUT2D eigenvalue weighted by Crippen LogP contribution is 2.17. The third-order valence-corrected chi connectivity index (χ3v) is 14.7. The van der Waals surface area contributed by atoms with E-state index >= 15 is 0 Å². The van der Waals surface area contributed by atoms with Gasteiger partial charge in [-0.25, -0.2) is 0 Å². The molecule has 0 spiro atoms. The van der Waals surface area contributed by atoms with Crippen molar-refractivity contribution in [2.24, 2.45) is 0 Å². The van der Waals surface area contributed by atoms with E-state index in [2.05, 4.69) is 154 Å². The van der Waals surface area contributed by atoms with Gasteiger partial charge in [-0.15, -0.1) is 0 Å². The van der Waals surface area contributed by atoms with E-state index in [4.69, 9.17) is 14.2 Å². The molecule has 0 aromatic carbocycles. The van der Waals surface area contributed by atoms with E-state index in [-0.39, 0.29) is 37.5 Å². The molecule has 0 fully saturated rings. The summed E-state index contributed by atoms with van der Waals surface area (Å²) in [6.07, 6.45) is 99.0. The van der Waals surface area contributed by atoms with E-state index in [1.165, 1.54) is 128 Å². The molecule has 0 amide bonds. The second-order valence-electron chi connectivity index (χ2n) is 22.7. The molecule has 0 aliphatic rings. The van der Waals surface area contributed by atoms with Gasteiger partial charge in [-0.3, -0.25) is 14.4 Å². The Morgan fingerprint density at radius 3 is 0.759 bits per heavy atom. The van der Waals surface area contributed by atoms with E-state index < -0.39 is 6.10 Å². The molecule has 1 unspecified atom stereocenters. The predicted octanol–water partition coefficient (Wildman–Crippen LogP) is 24.1. The summed E-state index contributed by atoms with van der Waals surface area (Å²) in [4.78, 5) is 38.5. The topological polar surface area (TPSA) is 78.9 Å². The molecule has 0 heterocycles. The fourth-order valence-electron chi connectivity index (χ4n) is 9.53. The number of rotatable bonds is 62. The molecule has 0 aromatic heterocycles. The highest BCUT2D eigenvalue weighted by Gasteiger charge is 2.19. The maximum absolute atomic E-state index is 12.9. The van der Waals surface area contributed by atoms with Crippen LogP contribution in [0.3, 0.4) is 0 Å². The van der Waals surface area contributed by atoms with E-state index in [0.29, 0.717) is 19.3 Å². The molecular weight excluding hydrogens is 1020 g/mol. The van der Waals surface area contributed by atoms with Gasteiger partial charge in [-0.05, 0) is 116 Å². The van der Waals surface area contributed by atoms with Gasteiger partial charge in [-0.1, -0.05) is 315 Å². The average molecular weight is 1150 g/mol. The van der Waals surface area contributed by atoms with Gasteiger partial charge in [0.1, 0.15) is 13.2 Å². The number of ether oxygens (including phenoxy) is 3. The smallest absolute Gasteiger partial charge is 0.306 e. The number of hydrogen-bond acceptors (Lipinski definition) is 6. The summed E-state index contributed by atoms with van der Waals surface area (Å²) < 4.78 is 16.9. The number of carbonyl (C=O) groups is 3. The summed E-state index contributed by atoms with van der Waals surface area (Å²) in [6, 6.07) is 0. The Morgan fingerprint density at radius 2 is 0.470 bits per heavy atom. The lowest BCUT2D eigenvalue weighted by atomic mass is 10.0. The summed E-state index contributed by atoms with van der Waals surface area (Å²) in [6.45, 7) is 6.39. The molecule has 0 radical (unpaired) electrons. The van der Waals surface area contributed by atoms with Gasteiger partial charge in [0.15, 0.2) is 6.10 Å². The summed E-state index contributed by atoms with van der Waals surface area (Å²) in [7, 11) is 0. The normalized spacial score (nSPS) is 13.0. The Bertz CT molecular complexity index is 1750. The summed E-state index contributed by atoms with van der Waals surface area (Å²) in [5.74, 6) is -0.958. The monoisotopic (exact) mass is 1150 g/mol. The lowest BCUT2D eigenvalue weighted by Crippen LogP contribution is -2.30. The van der Waals surface area contributed by atoms with Crippen molar-refractivity contribution >= 4 is 17.9 Å². The molecule has 1 atom stereocenters. The first-order chi connectivity index (χ1) is 41.0. The minimum atomic E-state index is -0.816. The van der Waals surface area contributed by atoms with Gasteiger partial charge < -0.3 is 14.2 Å². The molecule has 0 aliphatic carbocycles. The molecule has 0 saturated carbocycles. The van der Waals surface area contributed by atoms with Crippen LogP contribution in [0.4, 0.5) is 0 Å². The van der Waals surface area contributed by atoms with Gasteiger partial charge in [0.25, 0.3) is 0 Å². The fraction of sp³-hybridized carbons (Fsp3) is 0.675. The fourth-order valence-corrected chi connectivity index (χ4v) is 9.53. The van der Waals surface area contributed by atoms with Gasteiger partial charge in [-0.2, -0.15) is 0 Å². The van der Waals surface area contributed by atoms with E-state index in [1.54, 1.807) is 0 Å². The molecule has 0 rings (SSSR count). The van der Waals surface area contributed by atoms with Crippen molar-refractivity contribution in [1.82, 2.24) is 0 Å². The Kier molecular flexibility index (Phi) is 66.3. The second kappa shape index (κ2) is 70.0. The van der Waals surface area contributed by atoms with Gasteiger partial charge in [0.2, 0.25) is 0 Å². The Morgan fingerprint density at radius 1 is 0.253 bits per heavy atom. The molecule has 6 nitrogen and oxygen atoms in total. The summed E-state index contributed by atoms with van der Waals surface area (Å²) in [5, 5.41) is 0. The van der Waals surface area contributed by atoms with Gasteiger partial charge in [0.05, 0.1) is 0 Å². The molecule has 0 N–H and O–H groups in total. The number of unbranched alkanes of at least 4 members (excludes halogenated alkanes) is 29. The first-order valence-electron chi connectivity index (χ1n) is 34.7. The van der Waals surface area contributed by atoms with Crippen molar-refractivity contribution in [2.45, 2.75) is 322 Å². The van der Waals surface area contributed by atoms with Crippen LogP contribution in [0.2, 0.25) is 0 Å². The summed E-state index contributed by atoms with van der Waals surface area (Å²) in [5.41, 5.74) is 0. The standard InChI is InChI=1S/C77H128O6/c1-4-7-10-13-16-19-22-25-28-31-34-37-38-41-43-46-49-52-55-58-61-64-67-70-76(79)82-73-74(83-77(80)71-68-65-62-59-56-53-50-47-44-40-36-33-30-27-24-21-18-15-12-9-6-3)72-81-75(78)69-66-63-60-57-54-51-48-45-42-39-35-32-29-26-23-20-17-14-11-8-5-2/h8-9,11-12,17-18,20-21,26-27,29-30,35-36,39-40,45,47-48,50,56,59,74H,4-7,10,13-16,19,22-25,28,31-34,37-38,41-44,46,49,51-55,57-58,60-73H2,1-3H3/b11-8-,12-9-,20-17-,21-18-,29-26-,30-27-,39-35-,40-36-,48-45-,50-47-,59-56-. The van der Waals surface area contributed by atoms with E-state index in [9.17, 15) is 14.4 Å². The van der Waals surface area contributed by atoms with Crippen molar-refractivity contribution in [3.63, 3.8) is 0 Å². The van der Waals surface area contributed by atoms with Crippen LogP contribution in [0.1, 0.15) is 316 Å². The highest BCUT2D eigenvalue weighted by molar-refractivity contribution is 5.71. The van der Waals surface area contributed by atoms with Crippen LogP contribution in [-0.4, -0.2) is 37.2 Å². The van der Waals surface area contributed by atoms with Crippen LogP contribution in [0.15, 0.2) is 134 Å². The number of esters is 3. The molecule has 0 bridgehead atoms. The minimum absolute atomic E-state index is 0.104.